The molecule has 6 heteroatoms. The van der Waals surface area contributed by atoms with E-state index in [2.05, 4.69) is 22.7 Å². The van der Waals surface area contributed by atoms with Crippen molar-refractivity contribution in [2.45, 2.75) is 26.8 Å². The summed E-state index contributed by atoms with van der Waals surface area (Å²) in [5.74, 6) is -0.311. The fourth-order valence-electron chi connectivity index (χ4n) is 1.72. The molecule has 1 atom stereocenters. The largest absolute Gasteiger partial charge is 0.462 e. The zero-order valence-electron chi connectivity index (χ0n) is 11.1. The van der Waals surface area contributed by atoms with E-state index in [9.17, 15) is 4.79 Å². The lowest BCUT2D eigenvalue weighted by atomic mass is 10.2. The summed E-state index contributed by atoms with van der Waals surface area (Å²) in [4.78, 5) is 13.1. The predicted molar refractivity (Wildman–Crippen MR) is 79.2 cm³/mol. The van der Waals surface area contributed by atoms with Gasteiger partial charge in [0, 0.05) is 4.88 Å². The summed E-state index contributed by atoms with van der Waals surface area (Å²) in [6, 6.07) is 4.23. The maximum atomic E-state index is 11.9. The van der Waals surface area contributed by atoms with Crippen LogP contribution in [0.15, 0.2) is 17.5 Å². The first-order valence-electron chi connectivity index (χ1n) is 6.06. The number of hydrogen-bond donors (Lipinski definition) is 1. The molecule has 19 heavy (non-hydrogen) atoms. The number of anilines is 1. The van der Waals surface area contributed by atoms with Gasteiger partial charge < -0.3 is 10.1 Å². The molecule has 0 aromatic carbocycles. The lowest BCUT2D eigenvalue weighted by molar-refractivity contribution is 0.0527. The third-order valence-electron chi connectivity index (χ3n) is 2.66. The Morgan fingerprint density at radius 2 is 2.37 bits per heavy atom. The number of nitrogens with zero attached hydrogens (tertiary/aromatic N) is 1. The SMILES string of the molecule is CCOC(=O)c1c(C)nsc1NC(C)c1cccs1. The number of aromatic nitrogens is 1. The van der Waals surface area contributed by atoms with E-state index in [1.165, 1.54) is 16.4 Å². The van der Waals surface area contributed by atoms with Crippen LogP contribution in [0.5, 0.6) is 0 Å². The van der Waals surface area contributed by atoms with Gasteiger partial charge in [0.05, 0.1) is 18.3 Å². The highest BCUT2D eigenvalue weighted by atomic mass is 32.1. The van der Waals surface area contributed by atoms with Crippen molar-refractivity contribution in [2.24, 2.45) is 0 Å². The molecule has 0 aliphatic rings. The van der Waals surface area contributed by atoms with Crippen LogP contribution in [-0.2, 0) is 4.74 Å². The van der Waals surface area contributed by atoms with Crippen LogP contribution in [0.4, 0.5) is 5.00 Å². The van der Waals surface area contributed by atoms with Gasteiger partial charge in [-0.15, -0.1) is 11.3 Å². The second kappa shape index (κ2) is 6.16. The number of esters is 1. The maximum absolute atomic E-state index is 11.9. The molecule has 0 aliphatic heterocycles. The van der Waals surface area contributed by atoms with Gasteiger partial charge in [-0.3, -0.25) is 0 Å². The lowest BCUT2D eigenvalue weighted by Crippen LogP contribution is -2.11. The molecule has 2 heterocycles. The van der Waals surface area contributed by atoms with Gasteiger partial charge in [-0.05, 0) is 43.8 Å². The summed E-state index contributed by atoms with van der Waals surface area (Å²) in [6.07, 6.45) is 0. The number of rotatable bonds is 5. The normalized spacial score (nSPS) is 12.2. The minimum Gasteiger partial charge on any atom is -0.462 e. The molecule has 0 bridgehead atoms. The summed E-state index contributed by atoms with van der Waals surface area (Å²) in [5, 5.41) is 6.15. The van der Waals surface area contributed by atoms with Crippen molar-refractivity contribution < 1.29 is 9.53 Å². The van der Waals surface area contributed by atoms with E-state index in [1.807, 2.05) is 18.4 Å². The van der Waals surface area contributed by atoms with Crippen LogP contribution in [0.1, 0.15) is 40.8 Å². The minimum absolute atomic E-state index is 0.146. The quantitative estimate of drug-likeness (QED) is 0.851. The minimum atomic E-state index is -0.311. The molecule has 0 saturated heterocycles. The smallest absolute Gasteiger partial charge is 0.343 e. The van der Waals surface area contributed by atoms with Crippen molar-refractivity contribution in [3.05, 3.63) is 33.6 Å². The summed E-state index contributed by atoms with van der Waals surface area (Å²) in [6.45, 7) is 6.06. The van der Waals surface area contributed by atoms with Gasteiger partial charge in [0.25, 0.3) is 0 Å². The first-order chi connectivity index (χ1) is 9.13. The van der Waals surface area contributed by atoms with E-state index in [0.717, 1.165) is 5.00 Å². The monoisotopic (exact) mass is 296 g/mol. The average Bonchev–Trinajstić information content (AvgIpc) is 2.99. The van der Waals surface area contributed by atoms with Gasteiger partial charge in [-0.1, -0.05) is 6.07 Å². The molecule has 1 N–H and O–H groups in total. The van der Waals surface area contributed by atoms with Gasteiger partial charge in [0.2, 0.25) is 0 Å². The molecule has 0 spiro atoms. The Labute approximate surface area is 120 Å². The van der Waals surface area contributed by atoms with E-state index in [4.69, 9.17) is 4.74 Å². The van der Waals surface area contributed by atoms with Crippen molar-refractivity contribution in [3.63, 3.8) is 0 Å². The third kappa shape index (κ3) is 3.13. The van der Waals surface area contributed by atoms with E-state index in [0.29, 0.717) is 17.9 Å². The van der Waals surface area contributed by atoms with E-state index < -0.39 is 0 Å². The highest BCUT2D eigenvalue weighted by molar-refractivity contribution is 7.11. The molecule has 0 aliphatic carbocycles. The third-order valence-corrected chi connectivity index (χ3v) is 4.58. The molecule has 102 valence electrons. The van der Waals surface area contributed by atoms with Crippen LogP contribution >= 0.6 is 22.9 Å². The Hall–Kier alpha value is -1.40. The molecule has 1 unspecified atom stereocenters. The zero-order valence-corrected chi connectivity index (χ0v) is 12.7. The van der Waals surface area contributed by atoms with Crippen LogP contribution in [0.2, 0.25) is 0 Å². The molecule has 0 amide bonds. The summed E-state index contributed by atoms with van der Waals surface area (Å²) < 4.78 is 9.31. The molecule has 0 fully saturated rings. The van der Waals surface area contributed by atoms with Gasteiger partial charge in [-0.2, -0.15) is 4.37 Å². The number of carbonyl (C=O) groups excluding carboxylic acids is 1. The van der Waals surface area contributed by atoms with Crippen molar-refractivity contribution in [1.82, 2.24) is 4.37 Å². The number of ether oxygens (including phenoxy) is 1. The Morgan fingerprint density at radius 3 is 3.00 bits per heavy atom. The van der Waals surface area contributed by atoms with Crippen LogP contribution in [-0.4, -0.2) is 16.9 Å². The second-order valence-corrected chi connectivity index (χ2v) is 5.83. The Bertz CT molecular complexity index is 549. The van der Waals surface area contributed by atoms with E-state index in [-0.39, 0.29) is 12.0 Å². The molecular weight excluding hydrogens is 280 g/mol. The topological polar surface area (TPSA) is 51.2 Å². The molecule has 4 nitrogen and oxygen atoms in total. The zero-order chi connectivity index (χ0) is 13.8. The van der Waals surface area contributed by atoms with Crippen LogP contribution in [0.3, 0.4) is 0 Å². The van der Waals surface area contributed by atoms with Crippen molar-refractivity contribution in [1.29, 1.82) is 0 Å². The lowest BCUT2D eigenvalue weighted by Gasteiger charge is -2.13. The highest BCUT2D eigenvalue weighted by Crippen LogP contribution is 2.30. The van der Waals surface area contributed by atoms with Crippen molar-refractivity contribution >= 4 is 33.8 Å². The van der Waals surface area contributed by atoms with Crippen molar-refractivity contribution in [2.75, 3.05) is 11.9 Å². The molecule has 0 radical (unpaired) electrons. The summed E-state index contributed by atoms with van der Waals surface area (Å²) >= 11 is 2.99. The van der Waals surface area contributed by atoms with Crippen LogP contribution in [0.25, 0.3) is 0 Å². The van der Waals surface area contributed by atoms with Gasteiger partial charge >= 0.3 is 5.97 Å². The molecular formula is C13H16N2O2S2. The standard InChI is InChI=1S/C13H16N2O2S2/c1-4-17-13(16)11-9(3)15-19-12(11)14-8(2)10-6-5-7-18-10/h5-8,14H,4H2,1-3H3. The van der Waals surface area contributed by atoms with Gasteiger partial charge in [0.15, 0.2) is 0 Å². The molecule has 2 aromatic rings. The Kier molecular flexibility index (Phi) is 4.55. The average molecular weight is 296 g/mol. The summed E-state index contributed by atoms with van der Waals surface area (Å²) in [5.41, 5.74) is 1.26. The van der Waals surface area contributed by atoms with Gasteiger partial charge in [0.1, 0.15) is 10.6 Å². The second-order valence-electron chi connectivity index (χ2n) is 4.07. The first-order valence-corrected chi connectivity index (χ1v) is 7.72. The number of hydrogen-bond acceptors (Lipinski definition) is 6. The summed E-state index contributed by atoms with van der Waals surface area (Å²) in [7, 11) is 0. The number of thiophene rings is 1. The Morgan fingerprint density at radius 1 is 1.58 bits per heavy atom. The van der Waals surface area contributed by atoms with Crippen LogP contribution < -0.4 is 5.32 Å². The number of aryl methyl sites for hydroxylation is 1. The molecule has 2 rings (SSSR count). The Balaban J connectivity index is 2.19. The number of nitrogens with one attached hydrogen (secondary N) is 1. The van der Waals surface area contributed by atoms with E-state index in [1.54, 1.807) is 18.3 Å². The van der Waals surface area contributed by atoms with E-state index >= 15 is 0 Å². The maximum Gasteiger partial charge on any atom is 0.343 e. The highest BCUT2D eigenvalue weighted by Gasteiger charge is 2.21. The predicted octanol–water partition coefficient (Wildman–Crippen LogP) is 3.86. The molecule has 2 aromatic heterocycles. The fraction of sp³-hybridized carbons (Fsp3) is 0.385. The molecule has 0 saturated carbocycles. The van der Waals surface area contributed by atoms with Gasteiger partial charge in [-0.25, -0.2) is 4.79 Å². The fourth-order valence-corrected chi connectivity index (χ4v) is 3.32. The van der Waals surface area contributed by atoms with Crippen LogP contribution in [0, 0.1) is 6.92 Å². The first kappa shape index (κ1) is 14.0. The van der Waals surface area contributed by atoms with Crippen molar-refractivity contribution in [3.8, 4) is 0 Å². The number of carbonyl (C=O) groups is 1.